The zero-order chi connectivity index (χ0) is 17.8. The van der Waals surface area contributed by atoms with Gasteiger partial charge in [0.15, 0.2) is 0 Å². The summed E-state index contributed by atoms with van der Waals surface area (Å²) in [5.41, 5.74) is 2.24. The third-order valence-electron chi connectivity index (χ3n) is 4.31. The number of aromatic nitrogens is 1. The van der Waals surface area contributed by atoms with Crippen LogP contribution in [-0.4, -0.2) is 4.98 Å². The first-order valence-corrected chi connectivity index (χ1v) is 9.19. The van der Waals surface area contributed by atoms with Gasteiger partial charge in [0.2, 0.25) is 0 Å². The predicted octanol–water partition coefficient (Wildman–Crippen LogP) is 5.60. The molecule has 0 amide bonds. The molecule has 0 aliphatic carbocycles. The Kier molecular flexibility index (Phi) is 9.60. The van der Waals surface area contributed by atoms with Crippen LogP contribution in [0.5, 0.6) is 0 Å². The molecule has 0 bridgehead atoms. The Morgan fingerprint density at radius 2 is 1.58 bits per heavy atom. The number of unbranched alkanes of at least 4 members (excludes halogenated alkanes) is 2. The zero-order valence-electron chi connectivity index (χ0n) is 15.5. The van der Waals surface area contributed by atoms with E-state index >= 15 is 0 Å². The van der Waals surface area contributed by atoms with E-state index in [-0.39, 0.29) is 0 Å². The standard InChI is InChI=1S/C23H33N/c1-6-11-15-19(16-12-7-2)17-18-21-20(13-8-3)23(14-9-4)24-22(21)10-5/h8-10,13-14,17-19,24H,3-7,11-12,15-16H2,1-2H3/b18-17-,20-13-,23-14+. The van der Waals surface area contributed by atoms with Gasteiger partial charge >= 0.3 is 0 Å². The Labute approximate surface area is 147 Å². The molecule has 0 atom stereocenters. The second-order valence-electron chi connectivity index (χ2n) is 6.19. The van der Waals surface area contributed by atoms with Crippen LogP contribution in [0, 0.1) is 5.92 Å². The van der Waals surface area contributed by atoms with E-state index in [0.717, 1.165) is 16.3 Å². The van der Waals surface area contributed by atoms with E-state index in [2.05, 4.69) is 50.7 Å². The van der Waals surface area contributed by atoms with Gasteiger partial charge in [0.05, 0.1) is 0 Å². The Bertz CT molecular complexity index is 662. The molecule has 0 radical (unpaired) electrons. The lowest BCUT2D eigenvalue weighted by Crippen LogP contribution is -2.23. The SMILES string of the molecule is C=C/C=c1/c(/C=C\C(CCCC)CCCC)c(C=C)[nH]/c1=C/C=C. The van der Waals surface area contributed by atoms with Gasteiger partial charge in [-0.15, -0.1) is 0 Å². The highest BCUT2D eigenvalue weighted by Gasteiger charge is 2.06. The summed E-state index contributed by atoms with van der Waals surface area (Å²) in [6.07, 6.45) is 21.8. The van der Waals surface area contributed by atoms with Crippen molar-refractivity contribution < 1.29 is 0 Å². The summed E-state index contributed by atoms with van der Waals surface area (Å²) in [6.45, 7) is 16.1. The van der Waals surface area contributed by atoms with Crippen molar-refractivity contribution in [3.63, 3.8) is 0 Å². The van der Waals surface area contributed by atoms with E-state index in [1.165, 1.54) is 44.1 Å². The molecule has 0 unspecified atom stereocenters. The maximum Gasteiger partial charge on any atom is 0.0464 e. The Morgan fingerprint density at radius 3 is 2.08 bits per heavy atom. The fourth-order valence-electron chi connectivity index (χ4n) is 2.96. The van der Waals surface area contributed by atoms with Crippen molar-refractivity contribution in [2.24, 2.45) is 5.92 Å². The topological polar surface area (TPSA) is 15.8 Å². The van der Waals surface area contributed by atoms with Crippen molar-refractivity contribution in [3.8, 4) is 0 Å². The maximum atomic E-state index is 3.95. The van der Waals surface area contributed by atoms with Crippen LogP contribution in [0.3, 0.4) is 0 Å². The van der Waals surface area contributed by atoms with Crippen molar-refractivity contribution in [3.05, 3.63) is 59.8 Å². The number of nitrogens with one attached hydrogen (secondary N) is 1. The lowest BCUT2D eigenvalue weighted by molar-refractivity contribution is 0.499. The van der Waals surface area contributed by atoms with Crippen LogP contribution in [0.25, 0.3) is 24.3 Å². The van der Waals surface area contributed by atoms with Gasteiger partial charge in [-0.25, -0.2) is 0 Å². The summed E-state index contributed by atoms with van der Waals surface area (Å²) in [6, 6.07) is 0. The van der Waals surface area contributed by atoms with E-state index in [1.807, 2.05) is 24.3 Å². The van der Waals surface area contributed by atoms with E-state index < -0.39 is 0 Å². The normalized spacial score (nSPS) is 13.1. The molecule has 0 saturated carbocycles. The summed E-state index contributed by atoms with van der Waals surface area (Å²) < 4.78 is 0. The van der Waals surface area contributed by atoms with Crippen molar-refractivity contribution in [1.29, 1.82) is 0 Å². The van der Waals surface area contributed by atoms with Crippen LogP contribution in [0.2, 0.25) is 0 Å². The molecule has 0 aromatic carbocycles. The van der Waals surface area contributed by atoms with Gasteiger partial charge in [0.1, 0.15) is 0 Å². The Morgan fingerprint density at radius 1 is 0.958 bits per heavy atom. The third kappa shape index (κ3) is 5.88. The molecule has 1 nitrogen and oxygen atoms in total. The number of hydrogen-bond donors (Lipinski definition) is 1. The van der Waals surface area contributed by atoms with Gasteiger partial charge in [0, 0.05) is 21.8 Å². The molecule has 1 heteroatoms. The zero-order valence-corrected chi connectivity index (χ0v) is 15.5. The van der Waals surface area contributed by atoms with Crippen LogP contribution >= 0.6 is 0 Å². The van der Waals surface area contributed by atoms with Crippen molar-refractivity contribution in [2.45, 2.75) is 52.4 Å². The van der Waals surface area contributed by atoms with Gasteiger partial charge in [-0.1, -0.05) is 89.6 Å². The fourth-order valence-corrected chi connectivity index (χ4v) is 2.96. The second kappa shape index (κ2) is 11.5. The molecule has 0 saturated heterocycles. The Balaban J connectivity index is 3.25. The average Bonchev–Trinajstić information content (AvgIpc) is 2.92. The minimum atomic E-state index is 0.654. The number of hydrogen-bond acceptors (Lipinski definition) is 0. The molecule has 24 heavy (non-hydrogen) atoms. The molecule has 0 aliphatic rings. The molecule has 1 heterocycles. The van der Waals surface area contributed by atoms with Crippen molar-refractivity contribution >= 4 is 24.3 Å². The first-order valence-electron chi connectivity index (χ1n) is 9.19. The van der Waals surface area contributed by atoms with Gasteiger partial charge in [-0.05, 0) is 30.9 Å². The van der Waals surface area contributed by atoms with Crippen LogP contribution in [0.15, 0.2) is 38.0 Å². The first-order chi connectivity index (χ1) is 11.7. The summed E-state index contributed by atoms with van der Waals surface area (Å²) in [7, 11) is 0. The molecule has 0 fully saturated rings. The second-order valence-corrected chi connectivity index (χ2v) is 6.19. The quantitative estimate of drug-likeness (QED) is 0.545. The summed E-state index contributed by atoms with van der Waals surface area (Å²) in [4.78, 5) is 3.42. The van der Waals surface area contributed by atoms with E-state index in [1.54, 1.807) is 6.08 Å². The molecule has 0 aliphatic heterocycles. The lowest BCUT2D eigenvalue weighted by atomic mass is 9.94. The fraction of sp³-hybridized carbons (Fsp3) is 0.391. The van der Waals surface area contributed by atoms with Crippen LogP contribution in [0.1, 0.15) is 63.6 Å². The number of rotatable bonds is 11. The number of H-pyrrole nitrogens is 1. The summed E-state index contributed by atoms with van der Waals surface area (Å²) >= 11 is 0. The molecular weight excluding hydrogens is 290 g/mol. The minimum absolute atomic E-state index is 0.654. The molecule has 1 aromatic heterocycles. The highest BCUT2D eigenvalue weighted by molar-refractivity contribution is 5.65. The van der Waals surface area contributed by atoms with Gasteiger partial charge in [-0.2, -0.15) is 0 Å². The largest absolute Gasteiger partial charge is 0.355 e. The molecule has 130 valence electrons. The minimum Gasteiger partial charge on any atom is -0.355 e. The van der Waals surface area contributed by atoms with Crippen molar-refractivity contribution in [1.82, 2.24) is 4.98 Å². The van der Waals surface area contributed by atoms with Crippen LogP contribution in [0.4, 0.5) is 0 Å². The van der Waals surface area contributed by atoms with Gasteiger partial charge in [-0.3, -0.25) is 0 Å². The Hall–Kier alpha value is -2.02. The van der Waals surface area contributed by atoms with Crippen LogP contribution in [-0.2, 0) is 0 Å². The molecule has 1 N–H and O–H groups in total. The molecule has 0 spiro atoms. The van der Waals surface area contributed by atoms with E-state index in [9.17, 15) is 0 Å². The first kappa shape index (κ1) is 20.0. The third-order valence-corrected chi connectivity index (χ3v) is 4.31. The molecular formula is C23H33N. The highest BCUT2D eigenvalue weighted by atomic mass is 14.7. The summed E-state index contributed by atoms with van der Waals surface area (Å²) in [5, 5.41) is 2.21. The maximum absolute atomic E-state index is 3.95. The van der Waals surface area contributed by atoms with E-state index in [0.29, 0.717) is 5.92 Å². The van der Waals surface area contributed by atoms with Crippen LogP contribution < -0.4 is 10.6 Å². The number of aromatic amines is 1. The van der Waals surface area contributed by atoms with Gasteiger partial charge in [0.25, 0.3) is 0 Å². The van der Waals surface area contributed by atoms with Crippen molar-refractivity contribution in [2.75, 3.05) is 0 Å². The van der Waals surface area contributed by atoms with Gasteiger partial charge < -0.3 is 4.98 Å². The molecule has 1 aromatic rings. The summed E-state index contributed by atoms with van der Waals surface area (Å²) in [5.74, 6) is 0.654. The number of allylic oxidation sites excluding steroid dienone is 3. The smallest absolute Gasteiger partial charge is 0.0464 e. The lowest BCUT2D eigenvalue weighted by Gasteiger charge is -2.11. The predicted molar refractivity (Wildman–Crippen MR) is 111 cm³/mol. The molecule has 1 rings (SSSR count). The van der Waals surface area contributed by atoms with E-state index in [4.69, 9.17) is 0 Å². The highest BCUT2D eigenvalue weighted by Crippen LogP contribution is 2.19. The average molecular weight is 324 g/mol. The monoisotopic (exact) mass is 323 g/mol.